The molecule has 0 amide bonds. The predicted molar refractivity (Wildman–Crippen MR) is 90.1 cm³/mol. The Balaban J connectivity index is 1.80. The van der Waals surface area contributed by atoms with Crippen LogP contribution >= 0.6 is 12.2 Å². The zero-order valence-electron chi connectivity index (χ0n) is 11.8. The predicted octanol–water partition coefficient (Wildman–Crippen LogP) is 4.27. The van der Waals surface area contributed by atoms with E-state index < -0.39 is 0 Å². The smallest absolute Gasteiger partial charge is 0.173 e. The van der Waals surface area contributed by atoms with Gasteiger partial charge in [0.15, 0.2) is 5.11 Å². The lowest BCUT2D eigenvalue weighted by Crippen LogP contribution is -2.41. The van der Waals surface area contributed by atoms with Crippen LogP contribution in [0.4, 0.5) is 5.69 Å². The molecule has 0 bridgehead atoms. The van der Waals surface area contributed by atoms with E-state index in [1.807, 2.05) is 0 Å². The summed E-state index contributed by atoms with van der Waals surface area (Å²) in [6.07, 6.45) is 2.55. The summed E-state index contributed by atoms with van der Waals surface area (Å²) in [6.45, 7) is 4.43. The minimum atomic E-state index is 0.732. The third-order valence-corrected chi connectivity index (χ3v) is 4.34. The van der Waals surface area contributed by atoms with Gasteiger partial charge in [-0.25, -0.2) is 0 Å². The summed E-state index contributed by atoms with van der Waals surface area (Å²) >= 11 is 5.59. The van der Waals surface area contributed by atoms with Crippen LogP contribution in [0.3, 0.4) is 0 Å². The van der Waals surface area contributed by atoms with Gasteiger partial charge in [0.05, 0.1) is 0 Å². The van der Waals surface area contributed by atoms with E-state index in [0.29, 0.717) is 0 Å². The molecule has 0 spiro atoms. The van der Waals surface area contributed by atoms with Crippen LogP contribution in [0.2, 0.25) is 0 Å². The Morgan fingerprint density at radius 3 is 2.85 bits per heavy atom. The third-order valence-electron chi connectivity index (χ3n) is 3.98. The first kappa shape index (κ1) is 13.4. The normalized spacial score (nSPS) is 19.1. The second kappa shape index (κ2) is 5.80. The van der Waals surface area contributed by atoms with Gasteiger partial charge < -0.3 is 10.2 Å². The van der Waals surface area contributed by atoms with Crippen molar-refractivity contribution in [3.63, 3.8) is 0 Å². The molecular weight excluding hydrogens is 264 g/mol. The van der Waals surface area contributed by atoms with Crippen molar-refractivity contribution in [1.29, 1.82) is 0 Å². The third kappa shape index (κ3) is 2.78. The van der Waals surface area contributed by atoms with Crippen molar-refractivity contribution in [3.05, 3.63) is 42.5 Å². The molecule has 0 saturated carbocycles. The molecular formula is C17H20N2S. The zero-order chi connectivity index (χ0) is 13.9. The Labute approximate surface area is 125 Å². The molecule has 1 fully saturated rings. The number of likely N-dealkylation sites (tertiary alicyclic amines) is 1. The highest BCUT2D eigenvalue weighted by atomic mass is 32.1. The van der Waals surface area contributed by atoms with Gasteiger partial charge >= 0.3 is 0 Å². The first-order valence-electron chi connectivity index (χ1n) is 7.28. The van der Waals surface area contributed by atoms with Gasteiger partial charge in [-0.1, -0.05) is 43.3 Å². The summed E-state index contributed by atoms with van der Waals surface area (Å²) in [6, 6.07) is 14.7. The molecule has 1 saturated heterocycles. The maximum atomic E-state index is 5.59. The second-order valence-corrected chi connectivity index (χ2v) is 6.04. The van der Waals surface area contributed by atoms with Crippen molar-refractivity contribution in [3.8, 4) is 0 Å². The van der Waals surface area contributed by atoms with E-state index in [9.17, 15) is 0 Å². The summed E-state index contributed by atoms with van der Waals surface area (Å²) in [5.41, 5.74) is 1.10. The molecule has 2 aromatic rings. The monoisotopic (exact) mass is 284 g/mol. The maximum Gasteiger partial charge on any atom is 0.173 e. The molecule has 1 unspecified atom stereocenters. The van der Waals surface area contributed by atoms with E-state index in [1.54, 1.807) is 0 Å². The fourth-order valence-electron chi connectivity index (χ4n) is 2.90. The SMILES string of the molecule is CC1CCCN(C(=S)Nc2cccc3ccccc23)C1. The minimum absolute atomic E-state index is 0.732. The van der Waals surface area contributed by atoms with Crippen LogP contribution in [0.5, 0.6) is 0 Å². The van der Waals surface area contributed by atoms with E-state index in [1.165, 1.54) is 23.6 Å². The van der Waals surface area contributed by atoms with Gasteiger partial charge in [0.1, 0.15) is 0 Å². The first-order valence-corrected chi connectivity index (χ1v) is 7.68. The van der Waals surface area contributed by atoms with Crippen LogP contribution in [0.25, 0.3) is 10.8 Å². The Kier molecular flexibility index (Phi) is 3.88. The molecule has 0 aromatic heterocycles. The highest BCUT2D eigenvalue weighted by Crippen LogP contribution is 2.24. The molecule has 3 heteroatoms. The summed E-state index contributed by atoms with van der Waals surface area (Å²) < 4.78 is 0. The van der Waals surface area contributed by atoms with Gasteiger partial charge in [0.25, 0.3) is 0 Å². The van der Waals surface area contributed by atoms with Crippen molar-refractivity contribution in [2.75, 3.05) is 18.4 Å². The quantitative estimate of drug-likeness (QED) is 0.787. The lowest BCUT2D eigenvalue weighted by atomic mass is 10.0. The second-order valence-electron chi connectivity index (χ2n) is 5.65. The lowest BCUT2D eigenvalue weighted by Gasteiger charge is -2.33. The van der Waals surface area contributed by atoms with Crippen molar-refractivity contribution in [2.24, 2.45) is 5.92 Å². The van der Waals surface area contributed by atoms with Crippen LogP contribution in [0, 0.1) is 5.92 Å². The zero-order valence-corrected chi connectivity index (χ0v) is 12.6. The van der Waals surface area contributed by atoms with E-state index in [2.05, 4.69) is 59.6 Å². The fourth-order valence-corrected chi connectivity index (χ4v) is 3.18. The van der Waals surface area contributed by atoms with Crippen LogP contribution in [0.1, 0.15) is 19.8 Å². The Morgan fingerprint density at radius 2 is 2.00 bits per heavy atom. The Bertz CT molecular complexity index is 618. The topological polar surface area (TPSA) is 15.3 Å². The van der Waals surface area contributed by atoms with Gasteiger partial charge in [0.2, 0.25) is 0 Å². The van der Waals surface area contributed by atoms with E-state index in [0.717, 1.165) is 29.8 Å². The minimum Gasteiger partial charge on any atom is -0.349 e. The summed E-state index contributed by atoms with van der Waals surface area (Å²) in [5, 5.41) is 6.75. The fraction of sp³-hybridized carbons (Fsp3) is 0.353. The van der Waals surface area contributed by atoms with Crippen molar-refractivity contribution >= 4 is 33.8 Å². The molecule has 2 nitrogen and oxygen atoms in total. The number of hydrogen-bond donors (Lipinski definition) is 1. The van der Waals surface area contributed by atoms with E-state index in [-0.39, 0.29) is 0 Å². The summed E-state index contributed by atoms with van der Waals surface area (Å²) in [5.74, 6) is 0.732. The van der Waals surface area contributed by atoms with Crippen molar-refractivity contribution in [1.82, 2.24) is 4.90 Å². The van der Waals surface area contributed by atoms with Gasteiger partial charge in [0, 0.05) is 24.2 Å². The molecule has 1 N–H and O–H groups in total. The van der Waals surface area contributed by atoms with Gasteiger partial charge in [-0.2, -0.15) is 0 Å². The van der Waals surface area contributed by atoms with Crippen molar-refractivity contribution < 1.29 is 0 Å². The lowest BCUT2D eigenvalue weighted by molar-refractivity contribution is 0.276. The molecule has 1 heterocycles. The Hall–Kier alpha value is -1.61. The highest BCUT2D eigenvalue weighted by Gasteiger charge is 2.18. The molecule has 2 aromatic carbocycles. The van der Waals surface area contributed by atoms with Crippen LogP contribution in [0.15, 0.2) is 42.5 Å². The first-order chi connectivity index (χ1) is 9.74. The van der Waals surface area contributed by atoms with Crippen LogP contribution in [-0.2, 0) is 0 Å². The number of piperidine rings is 1. The van der Waals surface area contributed by atoms with Crippen LogP contribution < -0.4 is 5.32 Å². The number of nitrogens with one attached hydrogen (secondary N) is 1. The average molecular weight is 284 g/mol. The Morgan fingerprint density at radius 1 is 1.20 bits per heavy atom. The highest BCUT2D eigenvalue weighted by molar-refractivity contribution is 7.80. The average Bonchev–Trinajstić information content (AvgIpc) is 2.47. The molecule has 3 rings (SSSR count). The molecule has 1 atom stereocenters. The number of hydrogen-bond acceptors (Lipinski definition) is 1. The number of fused-ring (bicyclic) bond motifs is 1. The van der Waals surface area contributed by atoms with Crippen LogP contribution in [-0.4, -0.2) is 23.1 Å². The number of anilines is 1. The number of thiocarbonyl (C=S) groups is 1. The largest absolute Gasteiger partial charge is 0.349 e. The molecule has 1 aliphatic heterocycles. The molecule has 0 radical (unpaired) electrons. The number of nitrogens with zero attached hydrogens (tertiary/aromatic N) is 1. The maximum absolute atomic E-state index is 5.59. The van der Waals surface area contributed by atoms with E-state index >= 15 is 0 Å². The molecule has 20 heavy (non-hydrogen) atoms. The standard InChI is InChI=1S/C17H20N2S/c1-13-6-5-11-19(12-13)17(20)18-16-10-4-8-14-7-2-3-9-15(14)16/h2-4,7-10,13H,5-6,11-12H2,1H3,(H,18,20). The number of rotatable bonds is 1. The van der Waals surface area contributed by atoms with Crippen molar-refractivity contribution in [2.45, 2.75) is 19.8 Å². The van der Waals surface area contributed by atoms with Gasteiger partial charge in [-0.3, -0.25) is 0 Å². The number of benzene rings is 2. The molecule has 104 valence electrons. The van der Waals surface area contributed by atoms with E-state index in [4.69, 9.17) is 12.2 Å². The molecule has 0 aliphatic carbocycles. The summed E-state index contributed by atoms with van der Waals surface area (Å²) in [4.78, 5) is 2.30. The van der Waals surface area contributed by atoms with Gasteiger partial charge in [-0.05, 0) is 42.4 Å². The summed E-state index contributed by atoms with van der Waals surface area (Å²) in [7, 11) is 0. The molecule has 1 aliphatic rings. The van der Waals surface area contributed by atoms with Gasteiger partial charge in [-0.15, -0.1) is 0 Å².